The van der Waals surface area contributed by atoms with Crippen molar-refractivity contribution >= 4 is 11.4 Å². The van der Waals surface area contributed by atoms with Gasteiger partial charge in [0.2, 0.25) is 0 Å². The molecule has 0 amide bonds. The zero-order chi connectivity index (χ0) is 12.8. The monoisotopic (exact) mass is 241 g/mol. The van der Waals surface area contributed by atoms with Gasteiger partial charge in [0, 0.05) is 6.54 Å². The molecule has 4 nitrogen and oxygen atoms in total. The quantitative estimate of drug-likeness (QED) is 0.760. The summed E-state index contributed by atoms with van der Waals surface area (Å²) in [5.74, 6) is 0. The van der Waals surface area contributed by atoms with E-state index < -0.39 is 13.0 Å². The van der Waals surface area contributed by atoms with Gasteiger partial charge in [0.05, 0.1) is 36.2 Å². The molecule has 0 aliphatic heterocycles. The van der Waals surface area contributed by atoms with Crippen LogP contribution in [0.1, 0.15) is 5.56 Å². The summed E-state index contributed by atoms with van der Waals surface area (Å²) in [7, 11) is 0. The van der Waals surface area contributed by atoms with Gasteiger partial charge in [0.1, 0.15) is 0 Å². The second-order valence-electron chi connectivity index (χ2n) is 3.45. The number of halogens is 2. The van der Waals surface area contributed by atoms with Crippen LogP contribution in [0.3, 0.4) is 0 Å². The minimum atomic E-state index is -2.52. The van der Waals surface area contributed by atoms with Crippen molar-refractivity contribution in [3.05, 3.63) is 23.8 Å². The largest absolute Gasteiger partial charge is 0.397 e. The molecule has 0 aliphatic rings. The number of nitriles is 1. The molecule has 3 N–H and O–H groups in total. The molecule has 0 heterocycles. The molecular weight excluding hydrogens is 228 g/mol. The fourth-order valence-electron chi connectivity index (χ4n) is 1.51. The first-order chi connectivity index (χ1) is 8.08. The SMILES string of the molecule is N#Cc1ccc(N(CCO)CC(F)F)c(N)c1. The van der Waals surface area contributed by atoms with E-state index in [-0.39, 0.29) is 18.8 Å². The van der Waals surface area contributed by atoms with Crippen LogP contribution in [-0.2, 0) is 0 Å². The van der Waals surface area contributed by atoms with E-state index in [4.69, 9.17) is 16.1 Å². The number of hydrogen-bond donors (Lipinski definition) is 2. The smallest absolute Gasteiger partial charge is 0.255 e. The highest BCUT2D eigenvalue weighted by Crippen LogP contribution is 2.24. The van der Waals surface area contributed by atoms with Crippen LogP contribution in [0.2, 0.25) is 0 Å². The maximum Gasteiger partial charge on any atom is 0.255 e. The number of alkyl halides is 2. The average Bonchev–Trinajstić information content (AvgIpc) is 2.27. The summed E-state index contributed by atoms with van der Waals surface area (Å²) in [4.78, 5) is 1.29. The van der Waals surface area contributed by atoms with Gasteiger partial charge in [-0.2, -0.15) is 5.26 Å². The summed E-state index contributed by atoms with van der Waals surface area (Å²) in [6.45, 7) is -0.677. The van der Waals surface area contributed by atoms with Crippen molar-refractivity contribution in [2.75, 3.05) is 30.3 Å². The van der Waals surface area contributed by atoms with Crippen LogP contribution in [0.5, 0.6) is 0 Å². The molecule has 0 atom stereocenters. The lowest BCUT2D eigenvalue weighted by Crippen LogP contribution is -2.32. The maximum absolute atomic E-state index is 12.4. The standard InChI is InChI=1S/C11H13F2N3O/c12-11(13)7-16(3-4-17)10-2-1-8(6-14)5-9(10)15/h1-2,5,11,17H,3-4,7,15H2. The lowest BCUT2D eigenvalue weighted by Gasteiger charge is -2.24. The van der Waals surface area contributed by atoms with E-state index in [0.717, 1.165) is 0 Å². The van der Waals surface area contributed by atoms with Gasteiger partial charge in [0.25, 0.3) is 6.43 Å². The van der Waals surface area contributed by atoms with Gasteiger partial charge >= 0.3 is 0 Å². The molecule has 6 heteroatoms. The zero-order valence-electron chi connectivity index (χ0n) is 9.11. The van der Waals surface area contributed by atoms with Gasteiger partial charge in [-0.3, -0.25) is 0 Å². The molecule has 1 aromatic carbocycles. The number of benzene rings is 1. The molecule has 0 aliphatic carbocycles. The molecule has 17 heavy (non-hydrogen) atoms. The third-order valence-corrected chi connectivity index (χ3v) is 2.23. The number of nitrogens with two attached hydrogens (primary N) is 1. The van der Waals surface area contributed by atoms with E-state index in [1.54, 1.807) is 0 Å². The number of anilines is 2. The molecular formula is C11H13F2N3O. The van der Waals surface area contributed by atoms with Crippen LogP contribution < -0.4 is 10.6 Å². The fourth-order valence-corrected chi connectivity index (χ4v) is 1.51. The predicted molar refractivity (Wildman–Crippen MR) is 60.9 cm³/mol. The molecule has 0 spiro atoms. The minimum absolute atomic E-state index is 0.0699. The highest BCUT2D eigenvalue weighted by Gasteiger charge is 2.14. The highest BCUT2D eigenvalue weighted by molar-refractivity contribution is 5.69. The average molecular weight is 241 g/mol. The van der Waals surface area contributed by atoms with Crippen molar-refractivity contribution < 1.29 is 13.9 Å². The first kappa shape index (κ1) is 13.2. The van der Waals surface area contributed by atoms with Crippen molar-refractivity contribution in [2.24, 2.45) is 0 Å². The number of aliphatic hydroxyl groups excluding tert-OH is 1. The van der Waals surface area contributed by atoms with Crippen LogP contribution in [0.4, 0.5) is 20.2 Å². The van der Waals surface area contributed by atoms with E-state index in [1.807, 2.05) is 6.07 Å². The van der Waals surface area contributed by atoms with E-state index in [2.05, 4.69) is 0 Å². The lowest BCUT2D eigenvalue weighted by molar-refractivity contribution is 0.153. The Morgan fingerprint density at radius 1 is 1.47 bits per heavy atom. The molecule has 0 saturated heterocycles. The van der Waals surface area contributed by atoms with Gasteiger partial charge in [-0.05, 0) is 18.2 Å². The Morgan fingerprint density at radius 2 is 2.18 bits per heavy atom. The summed E-state index contributed by atoms with van der Waals surface area (Å²) in [6, 6.07) is 6.34. The first-order valence-electron chi connectivity index (χ1n) is 5.02. The molecule has 0 radical (unpaired) electrons. The molecule has 92 valence electrons. The molecule has 0 saturated carbocycles. The second-order valence-corrected chi connectivity index (χ2v) is 3.45. The number of hydrogen-bond acceptors (Lipinski definition) is 4. The molecule has 1 aromatic rings. The summed E-state index contributed by atoms with van der Waals surface area (Å²) >= 11 is 0. The van der Waals surface area contributed by atoms with Crippen LogP contribution in [-0.4, -0.2) is 31.2 Å². The third-order valence-electron chi connectivity index (χ3n) is 2.23. The van der Waals surface area contributed by atoms with Crippen LogP contribution in [0.15, 0.2) is 18.2 Å². The summed E-state index contributed by atoms with van der Waals surface area (Å²) in [5.41, 5.74) is 6.70. The number of rotatable bonds is 5. The first-order valence-corrected chi connectivity index (χ1v) is 5.02. The number of aliphatic hydroxyl groups is 1. The Labute approximate surface area is 97.9 Å². The number of nitrogen functional groups attached to an aromatic ring is 1. The molecule has 0 fully saturated rings. The number of nitrogens with zero attached hydrogens (tertiary/aromatic N) is 2. The van der Waals surface area contributed by atoms with Crippen LogP contribution in [0.25, 0.3) is 0 Å². The van der Waals surface area contributed by atoms with Gasteiger partial charge in [-0.15, -0.1) is 0 Å². The van der Waals surface area contributed by atoms with Crippen molar-refractivity contribution in [3.63, 3.8) is 0 Å². The zero-order valence-corrected chi connectivity index (χ0v) is 9.11. The summed E-state index contributed by atoms with van der Waals surface area (Å²) < 4.78 is 24.7. The van der Waals surface area contributed by atoms with Gasteiger partial charge in [0.15, 0.2) is 0 Å². The summed E-state index contributed by atoms with van der Waals surface area (Å²) in [5, 5.41) is 17.5. The van der Waals surface area contributed by atoms with E-state index in [0.29, 0.717) is 11.3 Å². The molecule has 0 aromatic heterocycles. The van der Waals surface area contributed by atoms with E-state index in [1.165, 1.54) is 23.1 Å². The Bertz CT molecular complexity index is 418. The fraction of sp³-hybridized carbons (Fsp3) is 0.364. The van der Waals surface area contributed by atoms with E-state index >= 15 is 0 Å². The van der Waals surface area contributed by atoms with Crippen molar-refractivity contribution in [1.82, 2.24) is 0 Å². The molecule has 0 bridgehead atoms. The van der Waals surface area contributed by atoms with Crippen LogP contribution >= 0.6 is 0 Å². The topological polar surface area (TPSA) is 73.3 Å². The normalized spacial score (nSPS) is 10.3. The minimum Gasteiger partial charge on any atom is -0.397 e. The second kappa shape index (κ2) is 6.01. The predicted octanol–water partition coefficient (Wildman–Crippen LogP) is 1.20. The molecule has 0 unspecified atom stereocenters. The lowest BCUT2D eigenvalue weighted by atomic mass is 10.1. The molecule has 1 rings (SSSR count). The van der Waals surface area contributed by atoms with Crippen LogP contribution in [0, 0.1) is 11.3 Å². The van der Waals surface area contributed by atoms with E-state index in [9.17, 15) is 8.78 Å². The Kier molecular flexibility index (Phi) is 4.67. The highest BCUT2D eigenvalue weighted by atomic mass is 19.3. The van der Waals surface area contributed by atoms with Crippen molar-refractivity contribution in [2.45, 2.75) is 6.43 Å². The van der Waals surface area contributed by atoms with Gasteiger partial charge in [-0.1, -0.05) is 0 Å². The Hall–Kier alpha value is -1.87. The van der Waals surface area contributed by atoms with Crippen molar-refractivity contribution in [1.29, 1.82) is 5.26 Å². The van der Waals surface area contributed by atoms with Crippen molar-refractivity contribution in [3.8, 4) is 6.07 Å². The summed E-state index contributed by atoms with van der Waals surface area (Å²) in [6.07, 6.45) is -2.52. The van der Waals surface area contributed by atoms with Gasteiger partial charge in [-0.25, -0.2) is 8.78 Å². The Balaban J connectivity index is 2.98. The Morgan fingerprint density at radius 3 is 2.65 bits per heavy atom. The third kappa shape index (κ3) is 3.57. The maximum atomic E-state index is 12.4. The van der Waals surface area contributed by atoms with Gasteiger partial charge < -0.3 is 15.7 Å².